The van der Waals surface area contributed by atoms with E-state index in [1.807, 2.05) is 0 Å². The molecule has 2 aliphatic rings. The third-order valence-corrected chi connectivity index (χ3v) is 7.08. The van der Waals surface area contributed by atoms with Crippen LogP contribution in [0.3, 0.4) is 0 Å². The van der Waals surface area contributed by atoms with Gasteiger partial charge in [0.1, 0.15) is 0 Å². The number of hydrogen-bond acceptors (Lipinski definition) is 11. The topological polar surface area (TPSA) is 167 Å². The molecule has 0 bridgehead atoms. The van der Waals surface area contributed by atoms with Gasteiger partial charge in [-0.3, -0.25) is 0 Å². The minimum atomic E-state index is -4.40. The number of nitrogens with zero attached hydrogens (tertiary/aromatic N) is 4. The van der Waals surface area contributed by atoms with Gasteiger partial charge in [0, 0.05) is 0 Å². The number of anilines is 1. The SMILES string of the molecule is Nc1ncnc2c1ncn2[C@@H]1O[C@@](CO[PH]2(O)OCc3ccccc3O2)(C(F)F)[C@@H](O)[C@H]1O. The molecular formula is C18H20F2N5O7P. The number of nitrogen functional groups attached to an aromatic ring is 1. The van der Waals surface area contributed by atoms with Gasteiger partial charge in [0.2, 0.25) is 0 Å². The predicted molar refractivity (Wildman–Crippen MR) is 109 cm³/mol. The van der Waals surface area contributed by atoms with Gasteiger partial charge in [-0.2, -0.15) is 0 Å². The van der Waals surface area contributed by atoms with Crippen LogP contribution >= 0.6 is 8.17 Å². The summed E-state index contributed by atoms with van der Waals surface area (Å²) in [5, 5.41) is 21.1. The van der Waals surface area contributed by atoms with Crippen molar-refractivity contribution < 1.29 is 42.2 Å². The number of alkyl halides is 2. The summed E-state index contributed by atoms with van der Waals surface area (Å²) in [7, 11) is -4.40. The quantitative estimate of drug-likeness (QED) is 0.374. The molecule has 2 aliphatic heterocycles. The van der Waals surface area contributed by atoms with Crippen molar-refractivity contribution in [3.8, 4) is 5.75 Å². The molecule has 0 aliphatic carbocycles. The molecule has 5 N–H and O–H groups in total. The van der Waals surface area contributed by atoms with Gasteiger partial charge in [0.15, 0.2) is 0 Å². The van der Waals surface area contributed by atoms with Crippen molar-refractivity contribution in [1.29, 1.82) is 0 Å². The molecule has 0 spiro atoms. The fraction of sp³-hybridized carbons (Fsp3) is 0.389. The van der Waals surface area contributed by atoms with Crippen molar-refractivity contribution in [3.63, 3.8) is 0 Å². The number of para-hydroxylation sites is 1. The predicted octanol–water partition coefficient (Wildman–Crippen LogP) is 0.691. The zero-order valence-corrected chi connectivity index (χ0v) is 17.8. The minimum absolute atomic E-state index is 0.0374. The van der Waals surface area contributed by atoms with Crippen LogP contribution in [0.15, 0.2) is 36.9 Å². The van der Waals surface area contributed by atoms with E-state index in [0.29, 0.717) is 5.56 Å². The summed E-state index contributed by atoms with van der Waals surface area (Å²) in [4.78, 5) is 22.4. The Kier molecular flexibility index (Phi) is 5.40. The Morgan fingerprint density at radius 1 is 1.27 bits per heavy atom. The fourth-order valence-electron chi connectivity index (χ4n) is 3.78. The zero-order chi connectivity index (χ0) is 23.4. The van der Waals surface area contributed by atoms with Gasteiger partial charge in [-0.05, 0) is 0 Å². The number of halogens is 2. The van der Waals surface area contributed by atoms with E-state index in [1.54, 1.807) is 24.3 Å². The van der Waals surface area contributed by atoms with Crippen LogP contribution in [-0.2, 0) is 20.4 Å². The van der Waals surface area contributed by atoms with E-state index in [4.69, 9.17) is 24.0 Å². The molecular weight excluding hydrogens is 467 g/mol. The molecule has 33 heavy (non-hydrogen) atoms. The van der Waals surface area contributed by atoms with Crippen LogP contribution in [0.1, 0.15) is 11.8 Å². The van der Waals surface area contributed by atoms with Crippen LogP contribution in [0.5, 0.6) is 5.75 Å². The number of aliphatic hydroxyl groups excluding tert-OH is 2. The van der Waals surface area contributed by atoms with Crippen molar-refractivity contribution in [2.75, 3.05) is 12.3 Å². The van der Waals surface area contributed by atoms with E-state index in [1.165, 1.54) is 6.33 Å². The second kappa shape index (κ2) is 8.02. The molecule has 0 unspecified atom stereocenters. The molecule has 1 fully saturated rings. The first kappa shape index (κ1) is 22.2. The van der Waals surface area contributed by atoms with Gasteiger partial charge in [0.25, 0.3) is 0 Å². The molecule has 12 nitrogen and oxygen atoms in total. The molecule has 5 rings (SSSR count). The monoisotopic (exact) mass is 487 g/mol. The Labute approximate surface area is 185 Å². The fourth-order valence-corrected chi connectivity index (χ4v) is 5.21. The average molecular weight is 487 g/mol. The number of rotatable bonds is 5. The summed E-state index contributed by atoms with van der Waals surface area (Å²) in [6.45, 7) is -1.09. The molecule has 4 heterocycles. The molecule has 178 valence electrons. The van der Waals surface area contributed by atoms with Gasteiger partial charge in [-0.15, -0.1) is 0 Å². The van der Waals surface area contributed by atoms with Gasteiger partial charge in [0.05, 0.1) is 0 Å². The summed E-state index contributed by atoms with van der Waals surface area (Å²) in [6.07, 6.45) is -6.45. The van der Waals surface area contributed by atoms with Crippen molar-refractivity contribution in [2.45, 2.75) is 37.1 Å². The number of aromatic nitrogens is 4. The van der Waals surface area contributed by atoms with Crippen molar-refractivity contribution in [3.05, 3.63) is 42.5 Å². The number of benzene rings is 1. The maximum absolute atomic E-state index is 14.2. The second-order valence-electron chi connectivity index (χ2n) is 7.59. The number of hydrogen-bond donors (Lipinski definition) is 4. The maximum atomic E-state index is 14.2. The van der Waals surface area contributed by atoms with E-state index in [0.717, 1.165) is 10.9 Å². The standard InChI is InChI=1S/C18H20F2N5O7P/c19-17(20)18(6-30-33(28)29-5-9-3-1-2-4-10(9)32-33)13(27)12(26)16(31-18)25-8-24-11-14(21)22-7-23-15(11)25/h1-4,7-8,12-13,16-17,26-28,33H,5-6H2,(H2,21,22,23)/t12-,13+,16-,18-/m1/s1. The summed E-state index contributed by atoms with van der Waals surface area (Å²) >= 11 is 0. The number of aliphatic hydroxyl groups is 2. The summed E-state index contributed by atoms with van der Waals surface area (Å²) in [5.41, 5.74) is 3.93. The first-order valence-electron chi connectivity index (χ1n) is 9.76. The molecule has 0 saturated carbocycles. The Bertz CT molecular complexity index is 1190. The molecule has 1 saturated heterocycles. The Hall–Kier alpha value is -2.58. The number of ether oxygens (including phenoxy) is 1. The second-order valence-corrected chi connectivity index (χ2v) is 9.42. The third-order valence-electron chi connectivity index (χ3n) is 5.59. The van der Waals surface area contributed by atoms with E-state index in [-0.39, 0.29) is 29.3 Å². The van der Waals surface area contributed by atoms with E-state index < -0.39 is 45.2 Å². The molecule has 2 aromatic heterocycles. The molecule has 4 atom stereocenters. The summed E-state index contributed by atoms with van der Waals surface area (Å²) < 4.78 is 51.0. The van der Waals surface area contributed by atoms with Gasteiger partial charge < -0.3 is 0 Å². The van der Waals surface area contributed by atoms with Crippen LogP contribution in [0.25, 0.3) is 11.2 Å². The average Bonchev–Trinajstić information content (AvgIpc) is 3.33. The molecule has 0 radical (unpaired) electrons. The van der Waals surface area contributed by atoms with Crippen molar-refractivity contribution >= 4 is 25.2 Å². The van der Waals surface area contributed by atoms with Crippen molar-refractivity contribution in [2.24, 2.45) is 0 Å². The molecule has 3 aromatic rings. The van der Waals surface area contributed by atoms with Crippen LogP contribution < -0.4 is 10.3 Å². The molecule has 0 amide bonds. The van der Waals surface area contributed by atoms with E-state index >= 15 is 0 Å². The van der Waals surface area contributed by atoms with E-state index in [2.05, 4.69) is 15.0 Å². The number of fused-ring (bicyclic) bond motifs is 2. The summed E-state index contributed by atoms with van der Waals surface area (Å²) in [6, 6.07) is 6.68. The number of imidazole rings is 1. The third kappa shape index (κ3) is 3.60. The molecule has 15 heteroatoms. The normalized spacial score (nSPS) is 29.7. The van der Waals surface area contributed by atoms with E-state index in [9.17, 15) is 23.9 Å². The Morgan fingerprint density at radius 2 is 2.06 bits per heavy atom. The number of nitrogens with two attached hydrogens (primary N) is 1. The molecule has 1 aromatic carbocycles. The van der Waals surface area contributed by atoms with Gasteiger partial charge >= 0.3 is 185 Å². The van der Waals surface area contributed by atoms with Crippen molar-refractivity contribution in [1.82, 2.24) is 19.5 Å². The Morgan fingerprint density at radius 3 is 2.85 bits per heavy atom. The van der Waals surface area contributed by atoms with Crippen LogP contribution in [0.2, 0.25) is 0 Å². The van der Waals surface area contributed by atoms with Gasteiger partial charge in [-0.1, -0.05) is 0 Å². The van der Waals surface area contributed by atoms with Crippen LogP contribution in [0, 0.1) is 0 Å². The zero-order valence-electron chi connectivity index (χ0n) is 16.8. The Balaban J connectivity index is 1.41. The summed E-state index contributed by atoms with van der Waals surface area (Å²) in [5.74, 6) is 0.326. The van der Waals surface area contributed by atoms with Gasteiger partial charge in [-0.25, -0.2) is 0 Å². The van der Waals surface area contributed by atoms with Crippen LogP contribution in [-0.4, -0.2) is 65.5 Å². The van der Waals surface area contributed by atoms with Crippen LogP contribution in [0.4, 0.5) is 14.6 Å². The first-order chi connectivity index (χ1) is 15.7. The first-order valence-corrected chi connectivity index (χ1v) is 11.4.